The highest BCUT2D eigenvalue weighted by atomic mass is 35.5. The van der Waals surface area contributed by atoms with Gasteiger partial charge in [-0.25, -0.2) is 4.79 Å². The van der Waals surface area contributed by atoms with Gasteiger partial charge in [-0.15, -0.1) is 0 Å². The number of carbonyl (C=O) groups excluding carboxylic acids is 1. The van der Waals surface area contributed by atoms with Crippen LogP contribution in [0.25, 0.3) is 0 Å². The first-order valence-corrected chi connectivity index (χ1v) is 11.3. The first-order chi connectivity index (χ1) is 16.5. The second-order valence-electron chi connectivity index (χ2n) is 7.86. The Morgan fingerprint density at radius 3 is 2.35 bits per heavy atom. The van der Waals surface area contributed by atoms with Crippen LogP contribution in [0, 0.1) is 0 Å². The molecule has 7 nitrogen and oxygen atoms in total. The first kappa shape index (κ1) is 23.7. The van der Waals surface area contributed by atoms with Gasteiger partial charge < -0.3 is 29.2 Å². The third kappa shape index (κ3) is 6.12. The number of urea groups is 1. The Kier molecular flexibility index (Phi) is 7.77. The fraction of sp³-hybridized carbons (Fsp3) is 0.269. The Bertz CT molecular complexity index is 1110. The van der Waals surface area contributed by atoms with Crippen molar-refractivity contribution < 1.29 is 23.7 Å². The molecule has 0 radical (unpaired) electrons. The minimum atomic E-state index is -0.226. The zero-order chi connectivity index (χ0) is 23.9. The normalized spacial score (nSPS) is 12.9. The summed E-state index contributed by atoms with van der Waals surface area (Å²) in [5, 5.41) is 3.63. The minimum Gasteiger partial charge on any atom is -0.497 e. The van der Waals surface area contributed by atoms with Gasteiger partial charge in [-0.2, -0.15) is 0 Å². The highest BCUT2D eigenvalue weighted by molar-refractivity contribution is 6.30. The number of amides is 2. The number of methoxy groups -OCH3 is 2. The molecule has 0 aromatic heterocycles. The standard InChI is InChI=1S/C26H27ClN2O5/c1-31-23-12-22(13-24(14-23)32-2)28-26(30)29-9-10-34-25-8-5-19(11-20(25)15-29)17-33-16-18-3-6-21(27)7-4-18/h3-8,11-14H,9-10,15-17H2,1-2H3,(H,28,30). The number of ether oxygens (including phenoxy) is 4. The van der Waals surface area contributed by atoms with Gasteiger partial charge >= 0.3 is 6.03 Å². The number of nitrogens with one attached hydrogen (secondary N) is 1. The van der Waals surface area contributed by atoms with Crippen LogP contribution >= 0.6 is 11.6 Å². The van der Waals surface area contributed by atoms with E-state index in [0.717, 1.165) is 22.4 Å². The molecule has 3 aromatic carbocycles. The van der Waals surface area contributed by atoms with Crippen LogP contribution in [-0.2, 0) is 24.5 Å². The van der Waals surface area contributed by atoms with Gasteiger partial charge in [0.25, 0.3) is 0 Å². The van der Waals surface area contributed by atoms with E-state index in [9.17, 15) is 4.79 Å². The van der Waals surface area contributed by atoms with Gasteiger partial charge in [0.1, 0.15) is 23.9 Å². The average molecular weight is 483 g/mol. The van der Waals surface area contributed by atoms with Gasteiger partial charge in [0.15, 0.2) is 0 Å². The fourth-order valence-electron chi connectivity index (χ4n) is 3.66. The number of rotatable bonds is 7. The lowest BCUT2D eigenvalue weighted by Crippen LogP contribution is -2.36. The maximum absolute atomic E-state index is 13.0. The largest absolute Gasteiger partial charge is 0.497 e. The molecule has 0 saturated heterocycles. The third-order valence-electron chi connectivity index (χ3n) is 5.45. The maximum atomic E-state index is 13.0. The average Bonchev–Trinajstić information content (AvgIpc) is 3.07. The van der Waals surface area contributed by atoms with Crippen molar-refractivity contribution in [3.05, 3.63) is 82.4 Å². The van der Waals surface area contributed by atoms with Gasteiger partial charge in [-0.3, -0.25) is 0 Å². The molecule has 1 N–H and O–H groups in total. The molecule has 0 saturated carbocycles. The van der Waals surface area contributed by atoms with Crippen molar-refractivity contribution in [2.24, 2.45) is 0 Å². The predicted molar refractivity (Wildman–Crippen MR) is 131 cm³/mol. The molecule has 4 rings (SSSR count). The summed E-state index contributed by atoms with van der Waals surface area (Å²) < 4.78 is 22.3. The summed E-state index contributed by atoms with van der Waals surface area (Å²) in [6, 6.07) is 18.6. The Morgan fingerprint density at radius 1 is 0.971 bits per heavy atom. The summed E-state index contributed by atoms with van der Waals surface area (Å²) in [5.74, 6) is 1.98. The number of hydrogen-bond donors (Lipinski definition) is 1. The minimum absolute atomic E-state index is 0.226. The Labute approximate surface area is 204 Å². The maximum Gasteiger partial charge on any atom is 0.322 e. The molecule has 34 heavy (non-hydrogen) atoms. The van der Waals surface area contributed by atoms with Crippen LogP contribution in [0.2, 0.25) is 5.02 Å². The predicted octanol–water partition coefficient (Wildman–Crippen LogP) is 5.50. The molecular weight excluding hydrogens is 456 g/mol. The molecule has 2 amide bonds. The molecule has 0 unspecified atom stereocenters. The van der Waals surface area contributed by atoms with Crippen molar-refractivity contribution in [1.29, 1.82) is 0 Å². The number of fused-ring (bicyclic) bond motifs is 1. The summed E-state index contributed by atoms with van der Waals surface area (Å²) in [6.45, 7) is 2.24. The first-order valence-electron chi connectivity index (χ1n) is 10.9. The summed E-state index contributed by atoms with van der Waals surface area (Å²) in [6.07, 6.45) is 0. The molecule has 0 bridgehead atoms. The van der Waals surface area contributed by atoms with E-state index in [-0.39, 0.29) is 6.03 Å². The highest BCUT2D eigenvalue weighted by Crippen LogP contribution is 2.28. The number of carbonyl (C=O) groups is 1. The van der Waals surface area contributed by atoms with Crippen LogP contribution in [0.15, 0.2) is 60.7 Å². The monoisotopic (exact) mass is 482 g/mol. The van der Waals surface area contributed by atoms with Crippen molar-refractivity contribution in [2.45, 2.75) is 19.8 Å². The van der Waals surface area contributed by atoms with E-state index < -0.39 is 0 Å². The van der Waals surface area contributed by atoms with Gasteiger partial charge in [0, 0.05) is 34.5 Å². The van der Waals surface area contributed by atoms with Gasteiger partial charge in [0.05, 0.1) is 40.5 Å². The number of halogens is 1. The summed E-state index contributed by atoms with van der Waals surface area (Å²) in [5.41, 5.74) is 3.59. The van der Waals surface area contributed by atoms with E-state index in [1.165, 1.54) is 0 Å². The van der Waals surface area contributed by atoms with E-state index in [2.05, 4.69) is 5.32 Å². The van der Waals surface area contributed by atoms with Crippen molar-refractivity contribution in [2.75, 3.05) is 32.7 Å². The Morgan fingerprint density at radius 2 is 1.65 bits per heavy atom. The van der Waals surface area contributed by atoms with Gasteiger partial charge in [-0.05, 0) is 35.4 Å². The second kappa shape index (κ2) is 11.1. The van der Waals surface area contributed by atoms with Crippen molar-refractivity contribution in [3.8, 4) is 17.2 Å². The second-order valence-corrected chi connectivity index (χ2v) is 8.30. The number of hydrogen-bond acceptors (Lipinski definition) is 5. The molecule has 0 spiro atoms. The lowest BCUT2D eigenvalue weighted by Gasteiger charge is -2.21. The van der Waals surface area contributed by atoms with Crippen molar-refractivity contribution in [3.63, 3.8) is 0 Å². The molecule has 178 valence electrons. The SMILES string of the molecule is COc1cc(NC(=O)N2CCOc3ccc(COCc4ccc(Cl)cc4)cc3C2)cc(OC)c1. The van der Waals surface area contributed by atoms with Crippen LogP contribution in [0.5, 0.6) is 17.2 Å². The molecular formula is C26H27ClN2O5. The Hall–Kier alpha value is -3.42. The summed E-state index contributed by atoms with van der Waals surface area (Å²) in [7, 11) is 3.14. The Balaban J connectivity index is 1.40. The van der Waals surface area contributed by atoms with Crippen LogP contribution in [-0.4, -0.2) is 38.3 Å². The molecule has 1 heterocycles. The van der Waals surface area contributed by atoms with Crippen molar-refractivity contribution >= 4 is 23.3 Å². The van der Waals surface area contributed by atoms with Gasteiger partial charge in [-0.1, -0.05) is 29.8 Å². The number of benzene rings is 3. The fourth-order valence-corrected chi connectivity index (χ4v) is 3.79. The van der Waals surface area contributed by atoms with Crippen LogP contribution in [0.1, 0.15) is 16.7 Å². The molecule has 0 aliphatic carbocycles. The topological polar surface area (TPSA) is 69.3 Å². The van der Waals surface area contributed by atoms with Crippen LogP contribution in [0.3, 0.4) is 0 Å². The third-order valence-corrected chi connectivity index (χ3v) is 5.70. The highest BCUT2D eigenvalue weighted by Gasteiger charge is 2.21. The molecule has 1 aliphatic rings. The van der Waals surface area contributed by atoms with E-state index in [1.54, 1.807) is 37.3 Å². The molecule has 0 atom stereocenters. The smallest absolute Gasteiger partial charge is 0.322 e. The van der Waals surface area contributed by atoms with Crippen LogP contribution < -0.4 is 19.5 Å². The number of nitrogens with zero attached hydrogens (tertiary/aromatic N) is 1. The van der Waals surface area contributed by atoms with E-state index >= 15 is 0 Å². The van der Waals surface area contributed by atoms with Gasteiger partial charge in [0.2, 0.25) is 0 Å². The van der Waals surface area contributed by atoms with Crippen molar-refractivity contribution in [1.82, 2.24) is 4.90 Å². The lowest BCUT2D eigenvalue weighted by atomic mass is 10.1. The molecule has 3 aromatic rings. The molecule has 1 aliphatic heterocycles. The zero-order valence-corrected chi connectivity index (χ0v) is 19.9. The molecule has 0 fully saturated rings. The van der Waals surface area contributed by atoms with Crippen LogP contribution in [0.4, 0.5) is 10.5 Å². The molecule has 8 heteroatoms. The number of anilines is 1. The lowest BCUT2D eigenvalue weighted by molar-refractivity contribution is 0.107. The van der Waals surface area contributed by atoms with E-state index in [0.29, 0.717) is 55.1 Å². The quantitative estimate of drug-likeness (QED) is 0.481. The zero-order valence-electron chi connectivity index (χ0n) is 19.2. The van der Waals surface area contributed by atoms with E-state index in [4.69, 9.17) is 30.5 Å². The summed E-state index contributed by atoms with van der Waals surface area (Å²) >= 11 is 5.93. The summed E-state index contributed by atoms with van der Waals surface area (Å²) in [4.78, 5) is 14.7. The van der Waals surface area contributed by atoms with E-state index in [1.807, 2.05) is 42.5 Å².